The first kappa shape index (κ1) is 16.0. The van der Waals surface area contributed by atoms with Gasteiger partial charge in [0.15, 0.2) is 5.13 Å². The van der Waals surface area contributed by atoms with Crippen LogP contribution in [0.5, 0.6) is 0 Å². The summed E-state index contributed by atoms with van der Waals surface area (Å²) >= 11 is 1.58. The van der Waals surface area contributed by atoms with Gasteiger partial charge in [-0.3, -0.25) is 4.79 Å². The largest absolute Gasteiger partial charge is 0.391 e. The van der Waals surface area contributed by atoms with Gasteiger partial charge < -0.3 is 20.3 Å². The third-order valence-corrected chi connectivity index (χ3v) is 5.25. The minimum absolute atomic E-state index is 0.150. The number of anilines is 3. The Morgan fingerprint density at radius 3 is 3.08 bits per heavy atom. The summed E-state index contributed by atoms with van der Waals surface area (Å²) in [6.07, 6.45) is 3.33. The molecule has 0 saturated carbocycles. The third kappa shape index (κ3) is 3.49. The first-order valence-corrected chi connectivity index (χ1v) is 9.06. The van der Waals surface area contributed by atoms with E-state index in [-0.39, 0.29) is 11.7 Å². The van der Waals surface area contributed by atoms with Crippen LogP contribution in [0.3, 0.4) is 0 Å². The molecule has 0 aliphatic carbocycles. The summed E-state index contributed by atoms with van der Waals surface area (Å²) in [5.41, 5.74) is 1.59. The normalized spacial score (nSPS) is 17.8. The Bertz CT molecular complexity index is 967. The van der Waals surface area contributed by atoms with Crippen molar-refractivity contribution in [3.05, 3.63) is 40.3 Å². The van der Waals surface area contributed by atoms with E-state index in [1.165, 1.54) is 0 Å². The van der Waals surface area contributed by atoms with Gasteiger partial charge in [0.25, 0.3) is 0 Å². The SMILES string of the molecule is Cc1cc(Nc2cc3nc(N4CCCC(O)C4)sc3cn2)[nH]c(=O)c1. The zero-order valence-electron chi connectivity index (χ0n) is 13.8. The Kier molecular flexibility index (Phi) is 4.14. The van der Waals surface area contributed by atoms with Crippen molar-refractivity contribution in [2.45, 2.75) is 25.9 Å². The molecule has 4 rings (SSSR count). The number of rotatable bonds is 3. The van der Waals surface area contributed by atoms with Gasteiger partial charge in [-0.2, -0.15) is 0 Å². The predicted octanol–water partition coefficient (Wildman–Crippen LogP) is 2.39. The van der Waals surface area contributed by atoms with E-state index >= 15 is 0 Å². The highest BCUT2D eigenvalue weighted by Crippen LogP contribution is 2.31. The molecule has 0 spiro atoms. The average Bonchev–Trinajstić information content (AvgIpc) is 2.97. The van der Waals surface area contributed by atoms with Crippen LogP contribution in [-0.2, 0) is 0 Å². The molecule has 1 atom stereocenters. The Labute approximate surface area is 148 Å². The second-order valence-electron chi connectivity index (χ2n) is 6.34. The van der Waals surface area contributed by atoms with E-state index in [4.69, 9.17) is 0 Å². The smallest absolute Gasteiger partial charge is 0.249 e. The summed E-state index contributed by atoms with van der Waals surface area (Å²) < 4.78 is 0.998. The van der Waals surface area contributed by atoms with Gasteiger partial charge >= 0.3 is 0 Å². The summed E-state index contributed by atoms with van der Waals surface area (Å²) in [5.74, 6) is 1.23. The number of aliphatic hydroxyl groups excluding tert-OH is 1. The highest BCUT2D eigenvalue weighted by molar-refractivity contribution is 7.22. The van der Waals surface area contributed by atoms with Crippen LogP contribution in [0.15, 0.2) is 29.2 Å². The fourth-order valence-corrected chi connectivity index (χ4v) is 3.99. The Morgan fingerprint density at radius 2 is 2.28 bits per heavy atom. The van der Waals surface area contributed by atoms with Gasteiger partial charge in [0.2, 0.25) is 5.56 Å². The molecule has 25 heavy (non-hydrogen) atoms. The summed E-state index contributed by atoms with van der Waals surface area (Å²) in [6.45, 7) is 3.42. The highest BCUT2D eigenvalue weighted by atomic mass is 32.1. The van der Waals surface area contributed by atoms with Crippen molar-refractivity contribution in [1.82, 2.24) is 15.0 Å². The van der Waals surface area contributed by atoms with E-state index in [1.807, 2.05) is 19.1 Å². The summed E-state index contributed by atoms with van der Waals surface area (Å²) in [7, 11) is 0. The lowest BCUT2D eigenvalue weighted by atomic mass is 10.1. The van der Waals surface area contributed by atoms with Gasteiger partial charge in [-0.25, -0.2) is 9.97 Å². The van der Waals surface area contributed by atoms with Crippen molar-refractivity contribution in [3.63, 3.8) is 0 Å². The van der Waals surface area contributed by atoms with Crippen molar-refractivity contribution in [1.29, 1.82) is 0 Å². The monoisotopic (exact) mass is 357 g/mol. The van der Waals surface area contributed by atoms with Crippen LogP contribution in [0, 0.1) is 6.92 Å². The molecule has 3 N–H and O–H groups in total. The number of aryl methyl sites for hydroxylation is 1. The van der Waals surface area contributed by atoms with Crippen LogP contribution in [-0.4, -0.2) is 39.3 Å². The van der Waals surface area contributed by atoms with Crippen LogP contribution in [0.4, 0.5) is 16.8 Å². The van der Waals surface area contributed by atoms with Crippen molar-refractivity contribution in [2.24, 2.45) is 0 Å². The van der Waals surface area contributed by atoms with Crippen LogP contribution < -0.4 is 15.8 Å². The van der Waals surface area contributed by atoms with Gasteiger partial charge in [-0.1, -0.05) is 11.3 Å². The second-order valence-corrected chi connectivity index (χ2v) is 7.35. The highest BCUT2D eigenvalue weighted by Gasteiger charge is 2.20. The lowest BCUT2D eigenvalue weighted by Crippen LogP contribution is -2.38. The Balaban J connectivity index is 1.60. The van der Waals surface area contributed by atoms with E-state index in [0.29, 0.717) is 18.2 Å². The van der Waals surface area contributed by atoms with Gasteiger partial charge in [0.05, 0.1) is 16.3 Å². The van der Waals surface area contributed by atoms with Gasteiger partial charge in [0, 0.05) is 31.4 Å². The molecule has 3 aromatic rings. The van der Waals surface area contributed by atoms with Gasteiger partial charge in [-0.05, 0) is 31.4 Å². The van der Waals surface area contributed by atoms with E-state index in [2.05, 4.69) is 25.2 Å². The first-order valence-electron chi connectivity index (χ1n) is 8.24. The quantitative estimate of drug-likeness (QED) is 0.666. The number of hydrogen-bond acceptors (Lipinski definition) is 7. The molecule has 1 fully saturated rings. The maximum absolute atomic E-state index is 11.6. The molecule has 0 aromatic carbocycles. The molecule has 1 aliphatic rings. The fourth-order valence-electron chi connectivity index (χ4n) is 3.04. The van der Waals surface area contributed by atoms with Gasteiger partial charge in [-0.15, -0.1) is 0 Å². The predicted molar refractivity (Wildman–Crippen MR) is 100.0 cm³/mol. The maximum Gasteiger partial charge on any atom is 0.249 e. The first-order chi connectivity index (χ1) is 12.1. The molecule has 130 valence electrons. The minimum atomic E-state index is -0.283. The third-order valence-electron chi connectivity index (χ3n) is 4.18. The summed E-state index contributed by atoms with van der Waals surface area (Å²) in [5, 5.41) is 13.9. The van der Waals surface area contributed by atoms with Gasteiger partial charge in [0.1, 0.15) is 11.6 Å². The van der Waals surface area contributed by atoms with Crippen LogP contribution in [0.25, 0.3) is 10.2 Å². The number of pyridine rings is 2. The standard InChI is InChI=1S/C17H19N5O2S/c1-10-5-15(21-16(24)6-10)20-14-7-12-13(8-18-14)25-17(19-12)22-4-2-3-11(23)9-22/h5-8,11,23H,2-4,9H2,1H3,(H2,18,20,21,24). The summed E-state index contributed by atoms with van der Waals surface area (Å²) in [4.78, 5) is 25.5. The van der Waals surface area contributed by atoms with Crippen LogP contribution >= 0.6 is 11.3 Å². The average molecular weight is 357 g/mol. The lowest BCUT2D eigenvalue weighted by Gasteiger charge is -2.29. The number of nitrogens with one attached hydrogen (secondary N) is 2. The van der Waals surface area contributed by atoms with E-state index in [9.17, 15) is 9.90 Å². The Hall–Kier alpha value is -2.45. The number of piperidine rings is 1. The van der Waals surface area contributed by atoms with E-state index in [0.717, 1.165) is 40.3 Å². The molecular formula is C17H19N5O2S. The summed E-state index contributed by atoms with van der Waals surface area (Å²) in [6, 6.07) is 5.27. The number of hydrogen-bond donors (Lipinski definition) is 3. The number of H-pyrrole nitrogens is 1. The number of β-amino-alcohol motifs (C(OH)–C–C–N with tert-alkyl or cyclic N) is 1. The van der Waals surface area contributed by atoms with Crippen LogP contribution in [0.2, 0.25) is 0 Å². The van der Waals surface area contributed by atoms with Crippen LogP contribution in [0.1, 0.15) is 18.4 Å². The molecule has 3 aromatic heterocycles. The molecule has 7 nitrogen and oxygen atoms in total. The molecule has 1 aliphatic heterocycles. The molecule has 1 unspecified atom stereocenters. The molecule has 8 heteroatoms. The number of aromatic nitrogens is 3. The zero-order chi connectivity index (χ0) is 17.4. The number of thiazole rings is 1. The maximum atomic E-state index is 11.6. The Morgan fingerprint density at radius 1 is 1.40 bits per heavy atom. The number of fused-ring (bicyclic) bond motifs is 1. The molecule has 0 radical (unpaired) electrons. The molecule has 1 saturated heterocycles. The molecular weight excluding hydrogens is 338 g/mol. The fraction of sp³-hybridized carbons (Fsp3) is 0.353. The number of nitrogens with zero attached hydrogens (tertiary/aromatic N) is 3. The van der Waals surface area contributed by atoms with E-state index in [1.54, 1.807) is 23.6 Å². The lowest BCUT2D eigenvalue weighted by molar-refractivity contribution is 0.154. The van der Waals surface area contributed by atoms with Crippen molar-refractivity contribution in [3.8, 4) is 0 Å². The second kappa shape index (κ2) is 6.45. The molecule has 4 heterocycles. The van der Waals surface area contributed by atoms with Crippen molar-refractivity contribution < 1.29 is 5.11 Å². The molecule has 0 amide bonds. The van der Waals surface area contributed by atoms with Crippen molar-refractivity contribution >= 4 is 38.3 Å². The number of aromatic amines is 1. The van der Waals surface area contributed by atoms with E-state index < -0.39 is 0 Å². The zero-order valence-corrected chi connectivity index (χ0v) is 14.6. The topological polar surface area (TPSA) is 94.1 Å². The van der Waals surface area contributed by atoms with Crippen molar-refractivity contribution in [2.75, 3.05) is 23.3 Å². The molecule has 0 bridgehead atoms. The number of aliphatic hydroxyl groups is 1. The minimum Gasteiger partial charge on any atom is -0.391 e.